The molecule has 0 aliphatic carbocycles. The van der Waals surface area contributed by atoms with Crippen LogP contribution in [-0.2, 0) is 16.0 Å². The molecule has 4 aromatic carbocycles. The predicted octanol–water partition coefficient (Wildman–Crippen LogP) is 5.81. The quantitative estimate of drug-likeness (QED) is 0.293. The topological polar surface area (TPSA) is 47.9 Å². The molecule has 0 radical (unpaired) electrons. The fourth-order valence-electron chi connectivity index (χ4n) is 3.60. The van der Waals surface area contributed by atoms with Gasteiger partial charge in [-0.15, -0.1) is 0 Å². The number of carbonyl (C=O) groups is 1. The lowest BCUT2D eigenvalue weighted by Crippen LogP contribution is -2.05. The van der Waals surface area contributed by atoms with Crippen LogP contribution in [0, 0.1) is 0 Å². The van der Waals surface area contributed by atoms with Crippen molar-refractivity contribution in [1.29, 1.82) is 0 Å². The fraction of sp³-hybridized carbons (Fsp3) is 0.0714. The smallest absolute Gasteiger partial charge is 0.363 e. The molecule has 0 spiro atoms. The monoisotopic (exact) mass is 419 g/mol. The first-order valence-corrected chi connectivity index (χ1v) is 10.5. The van der Waals surface area contributed by atoms with Gasteiger partial charge in [0, 0.05) is 12.0 Å². The summed E-state index contributed by atoms with van der Waals surface area (Å²) in [6.45, 7) is 0.607. The van der Waals surface area contributed by atoms with Gasteiger partial charge in [-0.3, -0.25) is 0 Å². The third-order valence-corrected chi connectivity index (χ3v) is 5.30. The number of benzene rings is 4. The lowest BCUT2D eigenvalue weighted by Gasteiger charge is -2.06. The van der Waals surface area contributed by atoms with Crippen LogP contribution >= 0.6 is 0 Å². The van der Waals surface area contributed by atoms with Gasteiger partial charge in [0.05, 0.1) is 6.61 Å². The number of fused-ring (bicyclic) bond motifs is 1. The van der Waals surface area contributed by atoms with E-state index < -0.39 is 5.97 Å². The number of hydrogen-bond acceptors (Lipinski definition) is 4. The molecule has 4 aromatic rings. The zero-order chi connectivity index (χ0) is 21.8. The number of aliphatic imine (C=N–C) groups is 1. The van der Waals surface area contributed by atoms with Gasteiger partial charge in [-0.2, -0.15) is 0 Å². The van der Waals surface area contributed by atoms with E-state index >= 15 is 0 Å². The summed E-state index contributed by atoms with van der Waals surface area (Å²) in [5.74, 6) is 0.668. The Bertz CT molecular complexity index is 1320. The Morgan fingerprint density at radius 3 is 2.38 bits per heavy atom. The molecule has 4 heteroatoms. The van der Waals surface area contributed by atoms with Gasteiger partial charge in [0.2, 0.25) is 5.90 Å². The molecule has 1 heterocycles. The summed E-state index contributed by atoms with van der Waals surface area (Å²) >= 11 is 0. The van der Waals surface area contributed by atoms with Crippen LogP contribution in [0.3, 0.4) is 0 Å². The molecule has 0 saturated heterocycles. The second kappa shape index (κ2) is 8.90. The van der Waals surface area contributed by atoms with E-state index in [1.807, 2.05) is 84.9 Å². The van der Waals surface area contributed by atoms with Gasteiger partial charge in [-0.05, 0) is 52.2 Å². The average molecular weight is 419 g/mol. The van der Waals surface area contributed by atoms with Crippen LogP contribution in [-0.4, -0.2) is 18.5 Å². The second-order valence-electron chi connectivity index (χ2n) is 7.55. The van der Waals surface area contributed by atoms with Crippen molar-refractivity contribution >= 4 is 28.7 Å². The first-order chi connectivity index (χ1) is 15.7. The van der Waals surface area contributed by atoms with Crippen molar-refractivity contribution in [2.45, 2.75) is 6.42 Å². The minimum atomic E-state index is -0.448. The maximum absolute atomic E-state index is 12.3. The molecule has 0 unspecified atom stereocenters. The number of cyclic esters (lactones) is 1. The molecule has 5 rings (SSSR count). The Hall–Kier alpha value is -4.18. The van der Waals surface area contributed by atoms with Crippen LogP contribution in [0.2, 0.25) is 0 Å². The standard InChI is InChI=1S/C28H21NO3/c30-28-26(29-27(32-28)24-13-12-22-8-4-5-9-23(22)19-24)18-21-10-14-25(15-11-21)31-17-16-20-6-2-1-3-7-20/h1-15,18-19H,16-17H2/b26-18-. The van der Waals surface area contributed by atoms with Gasteiger partial charge in [0.1, 0.15) is 5.75 Å². The number of ether oxygens (including phenoxy) is 2. The lowest BCUT2D eigenvalue weighted by atomic mass is 10.1. The van der Waals surface area contributed by atoms with E-state index in [0.29, 0.717) is 12.5 Å². The number of hydrogen-bond donors (Lipinski definition) is 0. The van der Waals surface area contributed by atoms with E-state index in [9.17, 15) is 4.79 Å². The van der Waals surface area contributed by atoms with Crippen LogP contribution in [0.25, 0.3) is 16.8 Å². The first kappa shape index (κ1) is 19.8. The van der Waals surface area contributed by atoms with Gasteiger partial charge in [0.15, 0.2) is 5.70 Å². The molecular weight excluding hydrogens is 398 g/mol. The Kier molecular flexibility index (Phi) is 5.50. The molecule has 156 valence electrons. The Labute approximate surface area is 186 Å². The minimum absolute atomic E-state index is 0.283. The number of nitrogens with zero attached hydrogens (tertiary/aromatic N) is 1. The van der Waals surface area contributed by atoms with Crippen molar-refractivity contribution in [3.8, 4) is 5.75 Å². The molecule has 0 aromatic heterocycles. The molecule has 0 amide bonds. The van der Waals surface area contributed by atoms with Gasteiger partial charge in [0.25, 0.3) is 0 Å². The van der Waals surface area contributed by atoms with Crippen LogP contribution in [0.15, 0.2) is 108 Å². The second-order valence-corrected chi connectivity index (χ2v) is 7.55. The number of rotatable bonds is 6. The highest BCUT2D eigenvalue weighted by Gasteiger charge is 2.24. The predicted molar refractivity (Wildman–Crippen MR) is 127 cm³/mol. The van der Waals surface area contributed by atoms with Crippen molar-refractivity contribution in [2.24, 2.45) is 4.99 Å². The Morgan fingerprint density at radius 1 is 0.812 bits per heavy atom. The van der Waals surface area contributed by atoms with Crippen LogP contribution in [0.5, 0.6) is 5.75 Å². The molecule has 32 heavy (non-hydrogen) atoms. The van der Waals surface area contributed by atoms with E-state index in [2.05, 4.69) is 17.1 Å². The first-order valence-electron chi connectivity index (χ1n) is 10.5. The molecule has 0 bridgehead atoms. The molecule has 1 aliphatic heterocycles. The minimum Gasteiger partial charge on any atom is -0.493 e. The summed E-state index contributed by atoms with van der Waals surface area (Å²) in [5, 5.41) is 2.20. The van der Waals surface area contributed by atoms with Gasteiger partial charge >= 0.3 is 5.97 Å². The normalized spacial score (nSPS) is 14.4. The number of esters is 1. The maximum Gasteiger partial charge on any atom is 0.363 e. The van der Waals surface area contributed by atoms with Crippen molar-refractivity contribution in [1.82, 2.24) is 0 Å². The molecule has 0 atom stereocenters. The molecule has 4 nitrogen and oxygen atoms in total. The Balaban J connectivity index is 1.27. The van der Waals surface area contributed by atoms with Crippen molar-refractivity contribution in [2.75, 3.05) is 6.61 Å². The molecule has 0 N–H and O–H groups in total. The van der Waals surface area contributed by atoms with Crippen LogP contribution < -0.4 is 4.74 Å². The molecular formula is C28H21NO3. The van der Waals surface area contributed by atoms with Crippen molar-refractivity contribution in [3.05, 3.63) is 119 Å². The van der Waals surface area contributed by atoms with Crippen LogP contribution in [0.1, 0.15) is 16.7 Å². The summed E-state index contributed by atoms with van der Waals surface area (Å²) in [5.41, 5.74) is 3.16. The number of carbonyl (C=O) groups excluding carboxylic acids is 1. The summed E-state index contributed by atoms with van der Waals surface area (Å²) in [7, 11) is 0. The Morgan fingerprint density at radius 2 is 1.56 bits per heavy atom. The van der Waals surface area contributed by atoms with Crippen molar-refractivity contribution in [3.63, 3.8) is 0 Å². The third kappa shape index (κ3) is 4.44. The lowest BCUT2D eigenvalue weighted by molar-refractivity contribution is -0.129. The highest BCUT2D eigenvalue weighted by molar-refractivity contribution is 6.13. The zero-order valence-corrected chi connectivity index (χ0v) is 17.4. The maximum atomic E-state index is 12.3. The zero-order valence-electron chi connectivity index (χ0n) is 17.4. The SMILES string of the molecule is O=C1OC(c2ccc3ccccc3c2)=N/C1=C\c1ccc(OCCc2ccccc2)cc1. The van der Waals surface area contributed by atoms with E-state index in [4.69, 9.17) is 9.47 Å². The van der Waals surface area contributed by atoms with E-state index in [0.717, 1.165) is 34.1 Å². The molecule has 0 saturated carbocycles. The highest BCUT2D eigenvalue weighted by Crippen LogP contribution is 2.23. The van der Waals surface area contributed by atoms with Crippen LogP contribution in [0.4, 0.5) is 0 Å². The fourth-order valence-corrected chi connectivity index (χ4v) is 3.60. The van der Waals surface area contributed by atoms with E-state index in [1.54, 1.807) is 6.08 Å². The molecule has 0 fully saturated rings. The largest absolute Gasteiger partial charge is 0.493 e. The van der Waals surface area contributed by atoms with Crippen molar-refractivity contribution < 1.29 is 14.3 Å². The highest BCUT2D eigenvalue weighted by atomic mass is 16.6. The molecule has 1 aliphatic rings. The van der Waals surface area contributed by atoms with Gasteiger partial charge in [-0.1, -0.05) is 72.8 Å². The average Bonchev–Trinajstić information content (AvgIpc) is 3.20. The third-order valence-electron chi connectivity index (χ3n) is 5.30. The summed E-state index contributed by atoms with van der Waals surface area (Å²) < 4.78 is 11.2. The summed E-state index contributed by atoms with van der Waals surface area (Å²) in [4.78, 5) is 16.8. The summed E-state index contributed by atoms with van der Waals surface area (Å²) in [6, 6.07) is 31.8. The van der Waals surface area contributed by atoms with E-state index in [-0.39, 0.29) is 5.70 Å². The summed E-state index contributed by atoms with van der Waals surface area (Å²) in [6.07, 6.45) is 2.58. The van der Waals surface area contributed by atoms with Gasteiger partial charge in [-0.25, -0.2) is 9.79 Å². The van der Waals surface area contributed by atoms with E-state index in [1.165, 1.54) is 5.56 Å². The van der Waals surface area contributed by atoms with Gasteiger partial charge < -0.3 is 9.47 Å².